The van der Waals surface area contributed by atoms with Crippen LogP contribution in [0.15, 0.2) is 23.2 Å². The van der Waals surface area contributed by atoms with Gasteiger partial charge in [0.1, 0.15) is 11.5 Å². The van der Waals surface area contributed by atoms with Gasteiger partial charge in [0.2, 0.25) is 0 Å². The summed E-state index contributed by atoms with van der Waals surface area (Å²) in [7, 11) is 3.38. The van der Waals surface area contributed by atoms with E-state index in [9.17, 15) is 0 Å². The van der Waals surface area contributed by atoms with Crippen LogP contribution in [0.1, 0.15) is 39.5 Å². The van der Waals surface area contributed by atoms with E-state index in [1.54, 1.807) is 14.2 Å². The van der Waals surface area contributed by atoms with Gasteiger partial charge < -0.3 is 25.0 Å². The molecule has 2 rings (SSSR count). The van der Waals surface area contributed by atoms with E-state index < -0.39 is 0 Å². The predicted molar refractivity (Wildman–Crippen MR) is 109 cm³/mol. The first kappa shape index (κ1) is 20.2. The van der Waals surface area contributed by atoms with Gasteiger partial charge in [0.25, 0.3) is 0 Å². The Balaban J connectivity index is 1.92. The molecule has 0 amide bonds. The summed E-state index contributed by atoms with van der Waals surface area (Å²) in [6.07, 6.45) is 4.47. The Morgan fingerprint density at radius 1 is 1.12 bits per heavy atom. The van der Waals surface area contributed by atoms with Crippen molar-refractivity contribution in [2.24, 2.45) is 4.99 Å². The molecule has 6 nitrogen and oxygen atoms in total. The topological polar surface area (TPSA) is 58.1 Å². The monoisotopic (exact) mass is 362 g/mol. The number of methoxy groups -OCH3 is 2. The molecular formula is C20H34N4O2. The number of unbranched alkanes of at least 4 members (excludes halogenated alkanes) is 1. The fourth-order valence-corrected chi connectivity index (χ4v) is 3.12. The molecule has 26 heavy (non-hydrogen) atoms. The number of benzene rings is 1. The molecule has 0 bridgehead atoms. The summed E-state index contributed by atoms with van der Waals surface area (Å²) in [6, 6.07) is 6.52. The van der Waals surface area contributed by atoms with Crippen molar-refractivity contribution in [3.8, 4) is 11.5 Å². The molecule has 0 radical (unpaired) electrons. The van der Waals surface area contributed by atoms with Crippen LogP contribution >= 0.6 is 0 Å². The number of guanidine groups is 1. The van der Waals surface area contributed by atoms with Crippen molar-refractivity contribution in [1.82, 2.24) is 10.6 Å². The SMILES string of the molecule is CCCCN=C(NCC)NC1CCN(c2cc(OC)cc(OC)c2)CC1. The molecule has 1 aromatic rings. The Hall–Kier alpha value is -2.11. The number of nitrogens with zero attached hydrogens (tertiary/aromatic N) is 2. The average molecular weight is 363 g/mol. The number of rotatable bonds is 8. The van der Waals surface area contributed by atoms with Crippen molar-refractivity contribution in [2.45, 2.75) is 45.6 Å². The maximum absolute atomic E-state index is 5.39. The number of piperidine rings is 1. The number of ether oxygens (including phenoxy) is 2. The van der Waals surface area contributed by atoms with E-state index in [0.29, 0.717) is 6.04 Å². The molecule has 1 saturated heterocycles. The Bertz CT molecular complexity index is 547. The first-order chi connectivity index (χ1) is 12.7. The zero-order valence-electron chi connectivity index (χ0n) is 16.7. The van der Waals surface area contributed by atoms with Crippen molar-refractivity contribution >= 4 is 11.6 Å². The van der Waals surface area contributed by atoms with Gasteiger partial charge in [0.15, 0.2) is 5.96 Å². The third-order valence-corrected chi connectivity index (χ3v) is 4.66. The third kappa shape index (κ3) is 6.00. The zero-order valence-corrected chi connectivity index (χ0v) is 16.7. The Morgan fingerprint density at radius 2 is 1.77 bits per heavy atom. The minimum Gasteiger partial charge on any atom is -0.497 e. The second-order valence-electron chi connectivity index (χ2n) is 6.59. The molecule has 2 N–H and O–H groups in total. The molecular weight excluding hydrogens is 328 g/mol. The molecule has 0 saturated carbocycles. The standard InChI is InChI=1S/C20H34N4O2/c1-5-7-10-22-20(21-6-2)23-16-8-11-24(12-9-16)17-13-18(25-3)15-19(14-17)26-4/h13-16H,5-12H2,1-4H3,(H2,21,22,23). The van der Waals surface area contributed by atoms with Crippen LogP contribution in [-0.4, -0.2) is 52.4 Å². The summed E-state index contributed by atoms with van der Waals surface area (Å²) in [5.74, 6) is 2.61. The normalized spacial score (nSPS) is 15.7. The summed E-state index contributed by atoms with van der Waals surface area (Å²) in [6.45, 7) is 8.08. The van der Waals surface area contributed by atoms with Gasteiger partial charge in [-0.3, -0.25) is 4.99 Å². The molecule has 0 aromatic heterocycles. The lowest BCUT2D eigenvalue weighted by Gasteiger charge is -2.34. The molecule has 146 valence electrons. The molecule has 1 aromatic carbocycles. The number of hydrogen-bond acceptors (Lipinski definition) is 4. The lowest BCUT2D eigenvalue weighted by atomic mass is 10.0. The van der Waals surface area contributed by atoms with Crippen molar-refractivity contribution in [3.05, 3.63) is 18.2 Å². The van der Waals surface area contributed by atoms with Crippen LogP contribution in [0.25, 0.3) is 0 Å². The zero-order chi connectivity index (χ0) is 18.8. The molecule has 0 atom stereocenters. The highest BCUT2D eigenvalue weighted by atomic mass is 16.5. The fourth-order valence-electron chi connectivity index (χ4n) is 3.12. The second-order valence-corrected chi connectivity index (χ2v) is 6.59. The van der Waals surface area contributed by atoms with Crippen LogP contribution in [-0.2, 0) is 0 Å². The lowest BCUT2D eigenvalue weighted by molar-refractivity contribution is 0.393. The highest BCUT2D eigenvalue weighted by Crippen LogP contribution is 2.30. The predicted octanol–water partition coefficient (Wildman–Crippen LogP) is 3.03. The van der Waals surface area contributed by atoms with Crippen molar-refractivity contribution in [1.29, 1.82) is 0 Å². The van der Waals surface area contributed by atoms with Gasteiger partial charge in [-0.2, -0.15) is 0 Å². The van der Waals surface area contributed by atoms with Crippen LogP contribution in [0.3, 0.4) is 0 Å². The molecule has 6 heteroatoms. The van der Waals surface area contributed by atoms with E-state index in [0.717, 1.165) is 68.6 Å². The highest BCUT2D eigenvalue weighted by Gasteiger charge is 2.21. The molecule has 0 aliphatic carbocycles. The molecule has 0 unspecified atom stereocenters. The molecule has 0 spiro atoms. The largest absolute Gasteiger partial charge is 0.497 e. The van der Waals surface area contributed by atoms with Gasteiger partial charge in [-0.25, -0.2) is 0 Å². The van der Waals surface area contributed by atoms with Crippen LogP contribution in [0.4, 0.5) is 5.69 Å². The number of hydrogen-bond donors (Lipinski definition) is 2. The first-order valence-electron chi connectivity index (χ1n) is 9.73. The van der Waals surface area contributed by atoms with E-state index >= 15 is 0 Å². The molecule has 1 aliphatic heterocycles. The summed E-state index contributed by atoms with van der Waals surface area (Å²) in [4.78, 5) is 7.06. The Labute approximate surface area is 158 Å². The summed E-state index contributed by atoms with van der Waals surface area (Å²) >= 11 is 0. The summed E-state index contributed by atoms with van der Waals surface area (Å²) < 4.78 is 10.8. The maximum Gasteiger partial charge on any atom is 0.191 e. The van der Waals surface area contributed by atoms with Gasteiger partial charge >= 0.3 is 0 Å². The fraction of sp³-hybridized carbons (Fsp3) is 0.650. The summed E-state index contributed by atoms with van der Waals surface area (Å²) in [5, 5.41) is 6.95. The van der Waals surface area contributed by atoms with Gasteiger partial charge in [-0.15, -0.1) is 0 Å². The Morgan fingerprint density at radius 3 is 2.31 bits per heavy atom. The highest BCUT2D eigenvalue weighted by molar-refractivity contribution is 5.80. The second kappa shape index (κ2) is 10.8. The van der Waals surface area contributed by atoms with Gasteiger partial charge in [0, 0.05) is 56.1 Å². The number of anilines is 1. The maximum atomic E-state index is 5.39. The average Bonchev–Trinajstić information content (AvgIpc) is 2.68. The van der Waals surface area contributed by atoms with Gasteiger partial charge in [-0.05, 0) is 26.2 Å². The van der Waals surface area contributed by atoms with Crippen molar-refractivity contribution < 1.29 is 9.47 Å². The quantitative estimate of drug-likeness (QED) is 0.423. The molecule has 1 aliphatic rings. The van der Waals surface area contributed by atoms with E-state index in [1.807, 2.05) is 6.07 Å². The van der Waals surface area contributed by atoms with Crippen LogP contribution in [0, 0.1) is 0 Å². The van der Waals surface area contributed by atoms with Crippen LogP contribution in [0.2, 0.25) is 0 Å². The lowest BCUT2D eigenvalue weighted by Crippen LogP contribution is -2.48. The Kier molecular flexibility index (Phi) is 8.38. The smallest absolute Gasteiger partial charge is 0.191 e. The minimum atomic E-state index is 0.457. The van der Waals surface area contributed by atoms with Gasteiger partial charge in [0.05, 0.1) is 14.2 Å². The van der Waals surface area contributed by atoms with E-state index in [4.69, 9.17) is 9.47 Å². The minimum absolute atomic E-state index is 0.457. The van der Waals surface area contributed by atoms with E-state index in [2.05, 4.69) is 46.5 Å². The van der Waals surface area contributed by atoms with Crippen LogP contribution < -0.4 is 25.0 Å². The van der Waals surface area contributed by atoms with Crippen LogP contribution in [0.5, 0.6) is 11.5 Å². The van der Waals surface area contributed by atoms with Gasteiger partial charge in [-0.1, -0.05) is 13.3 Å². The molecule has 1 heterocycles. The van der Waals surface area contributed by atoms with E-state index in [1.165, 1.54) is 6.42 Å². The van der Waals surface area contributed by atoms with Crippen molar-refractivity contribution in [2.75, 3.05) is 45.3 Å². The third-order valence-electron chi connectivity index (χ3n) is 4.66. The first-order valence-corrected chi connectivity index (χ1v) is 9.73. The number of aliphatic imine (C=N–C) groups is 1. The summed E-state index contributed by atoms with van der Waals surface area (Å²) in [5.41, 5.74) is 1.16. The molecule has 1 fully saturated rings. The van der Waals surface area contributed by atoms with E-state index in [-0.39, 0.29) is 0 Å². The van der Waals surface area contributed by atoms with Crippen molar-refractivity contribution in [3.63, 3.8) is 0 Å². The number of nitrogens with one attached hydrogen (secondary N) is 2.